The monoisotopic (exact) mass is 1250 g/mol. The third-order valence-corrected chi connectivity index (χ3v) is 10.9. The van der Waals surface area contributed by atoms with E-state index in [1.165, 1.54) is 118 Å². The Labute approximate surface area is 493 Å². The van der Waals surface area contributed by atoms with Crippen LogP contribution in [0.3, 0.4) is 0 Å². The molecular formula is C58H48Cl4F6N2O12S. The number of hydrogen-bond acceptors (Lipinski definition) is 12. The van der Waals surface area contributed by atoms with Crippen LogP contribution in [0.4, 0.5) is 49.1 Å². The van der Waals surface area contributed by atoms with Gasteiger partial charge in [0.1, 0.15) is 11.6 Å². The first-order valence-corrected chi connectivity index (χ1v) is 26.8. The molecule has 8 aromatic rings. The van der Waals surface area contributed by atoms with Crippen molar-refractivity contribution >= 4 is 98.9 Å². The smallest absolute Gasteiger partial charge is 0.335 e. The molecule has 0 saturated carbocycles. The van der Waals surface area contributed by atoms with Gasteiger partial charge in [0.2, 0.25) is 9.23 Å². The molecule has 0 aliphatic rings. The number of nitrogens with one attached hydrogen (secondary N) is 1. The van der Waals surface area contributed by atoms with Gasteiger partial charge in [0.05, 0.1) is 47.2 Å². The first-order valence-electron chi connectivity index (χ1n) is 23.2. The number of carboxylic acid groups (broad SMARTS) is 1. The molecule has 0 heterocycles. The maximum absolute atomic E-state index is 14.1. The van der Waals surface area contributed by atoms with E-state index in [1.807, 2.05) is 24.3 Å². The minimum atomic E-state index is -1.67. The summed E-state index contributed by atoms with van der Waals surface area (Å²) in [7, 11) is 12.7. The van der Waals surface area contributed by atoms with Crippen molar-refractivity contribution in [3.8, 4) is 23.0 Å². The molecule has 83 heavy (non-hydrogen) atoms. The number of aromatic carboxylic acids is 1. The lowest BCUT2D eigenvalue weighted by atomic mass is 10.1. The lowest BCUT2D eigenvalue weighted by Crippen LogP contribution is -2.26. The van der Waals surface area contributed by atoms with E-state index in [1.54, 1.807) is 36.4 Å². The average Bonchev–Trinajstić information content (AvgIpc) is 3.49. The SMILES string of the molecule is COc1ccc(C(=O)Cl)cc1F.COc1ccc(C(=O)Cl)cc1F.COc1ccc(C(=O)N(c2ccc(F)cc2)c2ccc(CO)cc2)cc1F.COc1ccc(C(=O)O)cc1F.O=S(Cl)Cl.OCc1ccc(Nc2ccc(F)cc2)cc1. The highest BCUT2D eigenvalue weighted by atomic mass is 36.0. The zero-order valence-corrected chi connectivity index (χ0v) is 47.6. The summed E-state index contributed by atoms with van der Waals surface area (Å²) in [5.74, 6) is -4.57. The van der Waals surface area contributed by atoms with Crippen molar-refractivity contribution in [2.75, 3.05) is 38.7 Å². The van der Waals surface area contributed by atoms with Gasteiger partial charge in [-0.2, -0.15) is 0 Å². The molecular weight excluding hydrogens is 1200 g/mol. The van der Waals surface area contributed by atoms with E-state index in [0.29, 0.717) is 16.9 Å². The van der Waals surface area contributed by atoms with Crippen LogP contribution >= 0.6 is 44.6 Å². The maximum Gasteiger partial charge on any atom is 0.335 e. The molecule has 0 aliphatic heterocycles. The number of hydrogen-bond donors (Lipinski definition) is 4. The summed E-state index contributed by atoms with van der Waals surface area (Å²) in [5, 5.41) is 28.3. The van der Waals surface area contributed by atoms with Gasteiger partial charge in [-0.1, -0.05) is 24.3 Å². The Morgan fingerprint density at radius 2 is 0.735 bits per heavy atom. The van der Waals surface area contributed by atoms with Crippen LogP contribution in [0.5, 0.6) is 23.0 Å². The molecule has 4 N–H and O–H groups in total. The number of carboxylic acids is 1. The van der Waals surface area contributed by atoms with Gasteiger partial charge in [0.25, 0.3) is 16.4 Å². The van der Waals surface area contributed by atoms with E-state index in [9.17, 15) is 50.6 Å². The molecule has 0 atom stereocenters. The van der Waals surface area contributed by atoms with Crippen LogP contribution in [-0.4, -0.2) is 70.3 Å². The third-order valence-electron chi connectivity index (χ3n) is 10.5. The summed E-state index contributed by atoms with van der Waals surface area (Å²) in [6.07, 6.45) is 0. The number of carbonyl (C=O) groups excluding carboxylic acids is 3. The zero-order chi connectivity index (χ0) is 61.8. The molecule has 25 heteroatoms. The predicted molar refractivity (Wildman–Crippen MR) is 306 cm³/mol. The fourth-order valence-corrected chi connectivity index (χ4v) is 6.66. The summed E-state index contributed by atoms with van der Waals surface area (Å²) < 4.78 is 106. The van der Waals surface area contributed by atoms with E-state index >= 15 is 0 Å². The molecule has 0 spiro atoms. The van der Waals surface area contributed by atoms with E-state index < -0.39 is 60.7 Å². The summed E-state index contributed by atoms with van der Waals surface area (Å²) in [5.41, 5.74) is 4.48. The van der Waals surface area contributed by atoms with Gasteiger partial charge >= 0.3 is 5.97 Å². The Morgan fingerprint density at radius 3 is 1.05 bits per heavy atom. The van der Waals surface area contributed by atoms with E-state index in [-0.39, 0.29) is 64.3 Å². The first kappa shape index (κ1) is 69.1. The molecule has 438 valence electrons. The van der Waals surface area contributed by atoms with Crippen LogP contribution in [0.25, 0.3) is 0 Å². The van der Waals surface area contributed by atoms with Gasteiger partial charge in [-0.05, 0) is 180 Å². The second kappa shape index (κ2) is 35.7. The summed E-state index contributed by atoms with van der Waals surface area (Å²) in [4.78, 5) is 45.9. The van der Waals surface area contributed by atoms with Crippen LogP contribution < -0.4 is 29.2 Å². The van der Waals surface area contributed by atoms with Crippen molar-refractivity contribution in [3.05, 3.63) is 238 Å². The number of carbonyl (C=O) groups is 4. The normalized spacial score (nSPS) is 9.94. The summed E-state index contributed by atoms with van der Waals surface area (Å²) in [6, 6.07) is 40.7. The summed E-state index contributed by atoms with van der Waals surface area (Å²) >= 11 is 10.2. The average molecular weight is 1250 g/mol. The fourth-order valence-electron chi connectivity index (χ4n) is 6.42. The van der Waals surface area contributed by atoms with Crippen molar-refractivity contribution in [1.82, 2.24) is 0 Å². The molecule has 1 amide bonds. The number of benzene rings is 8. The topological polar surface area (TPSA) is 198 Å². The molecule has 8 aromatic carbocycles. The molecule has 0 radical (unpaired) electrons. The van der Waals surface area contributed by atoms with Crippen LogP contribution in [-0.2, 0) is 22.4 Å². The van der Waals surface area contributed by atoms with Gasteiger partial charge in [0.15, 0.2) is 46.3 Å². The molecule has 0 aromatic heterocycles. The second-order valence-electron chi connectivity index (χ2n) is 15.9. The molecule has 0 unspecified atom stereocenters. The number of aliphatic hydroxyl groups excluding tert-OH is 2. The number of anilines is 4. The third kappa shape index (κ3) is 23.3. The number of rotatable bonds is 14. The molecule has 0 fully saturated rings. The van der Waals surface area contributed by atoms with Crippen LogP contribution in [0, 0.1) is 34.9 Å². The van der Waals surface area contributed by atoms with E-state index in [0.717, 1.165) is 41.2 Å². The largest absolute Gasteiger partial charge is 0.494 e. The predicted octanol–water partition coefficient (Wildman–Crippen LogP) is 14.5. The van der Waals surface area contributed by atoms with Crippen molar-refractivity contribution in [2.45, 2.75) is 13.2 Å². The molecule has 14 nitrogen and oxygen atoms in total. The second-order valence-corrected chi connectivity index (χ2v) is 19.1. The van der Waals surface area contributed by atoms with Crippen LogP contribution in [0.1, 0.15) is 52.6 Å². The van der Waals surface area contributed by atoms with Crippen LogP contribution in [0.2, 0.25) is 0 Å². The lowest BCUT2D eigenvalue weighted by molar-refractivity contribution is 0.0695. The number of methoxy groups -OCH3 is 4. The zero-order valence-electron chi connectivity index (χ0n) is 43.7. The number of aliphatic hydroxyl groups is 2. The molecule has 8 rings (SSSR count). The number of halogens is 10. The van der Waals surface area contributed by atoms with Crippen molar-refractivity contribution < 1.29 is 84.0 Å². The number of amides is 1. The Hall–Kier alpha value is -8.15. The molecule has 0 bridgehead atoms. The maximum atomic E-state index is 14.1. The lowest BCUT2D eigenvalue weighted by Gasteiger charge is -2.23. The van der Waals surface area contributed by atoms with Gasteiger partial charge in [-0.25, -0.2) is 35.3 Å². The van der Waals surface area contributed by atoms with Gasteiger partial charge in [-0.15, -0.1) is 0 Å². The Morgan fingerprint density at radius 1 is 0.458 bits per heavy atom. The van der Waals surface area contributed by atoms with Crippen molar-refractivity contribution in [3.63, 3.8) is 0 Å². The highest BCUT2D eigenvalue weighted by Crippen LogP contribution is 2.30. The Kier molecular flexibility index (Phi) is 29.7. The van der Waals surface area contributed by atoms with E-state index in [2.05, 4.69) is 40.9 Å². The standard InChI is InChI=1S/C21H17F2NO3.C13H12FNO.2C8H6ClFO2.C8H7FO3.Cl2OS/c1-27-20-11-4-15(12-19(20)23)21(26)24(18-9-5-16(22)6-10-18)17-7-2-14(13-25)3-8-17;14-11-3-7-13(8-4-11)15-12-5-1-10(9-16)2-6-12;2*1-12-7-3-2-5(8(9)11)4-6(7)10;1-12-7-3-2-5(8(10)11)4-6(7)9;1-4(2)3/h2-12,25H,13H2,1H3;1-8,15-16H,9H2;2*2-4H,1H3;2-4H,1H3,(H,10,11);. The van der Waals surface area contributed by atoms with Gasteiger partial charge in [0, 0.05) is 60.8 Å². The number of ether oxygens (including phenoxy) is 4. The van der Waals surface area contributed by atoms with E-state index in [4.69, 9.17) is 42.4 Å². The Balaban J connectivity index is 0.000000280. The molecule has 0 aliphatic carbocycles. The van der Waals surface area contributed by atoms with Crippen LogP contribution in [0.15, 0.2) is 170 Å². The van der Waals surface area contributed by atoms with Gasteiger partial charge < -0.3 is 39.6 Å². The minimum Gasteiger partial charge on any atom is -0.494 e. The fraction of sp³-hybridized carbons (Fsp3) is 0.103. The highest BCUT2D eigenvalue weighted by Gasteiger charge is 2.22. The summed E-state index contributed by atoms with van der Waals surface area (Å²) in [6.45, 7) is -0.0920. The first-order chi connectivity index (χ1) is 39.5. The van der Waals surface area contributed by atoms with Crippen molar-refractivity contribution in [1.29, 1.82) is 0 Å². The Bertz CT molecular complexity index is 3280. The minimum absolute atomic E-state index is 0.0344. The highest BCUT2D eigenvalue weighted by molar-refractivity contribution is 8.26. The molecule has 0 saturated heterocycles. The number of nitrogens with zero attached hydrogens (tertiary/aromatic N) is 1. The van der Waals surface area contributed by atoms with Gasteiger partial charge in [-0.3, -0.25) is 19.3 Å². The van der Waals surface area contributed by atoms with Crippen molar-refractivity contribution in [2.24, 2.45) is 0 Å². The quantitative estimate of drug-likeness (QED) is 0.0593.